The second-order valence-corrected chi connectivity index (χ2v) is 5.03. The second-order valence-electron chi connectivity index (χ2n) is 5.03. The summed E-state index contributed by atoms with van der Waals surface area (Å²) in [7, 11) is 0. The van der Waals surface area contributed by atoms with Crippen molar-refractivity contribution in [1.82, 2.24) is 5.32 Å². The van der Waals surface area contributed by atoms with Gasteiger partial charge in [0.1, 0.15) is 0 Å². The largest absolute Gasteiger partial charge is 0.395 e. The number of piperidine rings is 1. The van der Waals surface area contributed by atoms with Crippen molar-refractivity contribution in [2.45, 2.75) is 19.3 Å². The van der Waals surface area contributed by atoms with E-state index >= 15 is 0 Å². The Balaban J connectivity index is 1.89. The molecule has 3 N–H and O–H groups in total. The number of rotatable bonds is 4. The fraction of sp³-hybridized carbons (Fsp3) is 0.467. The molecule has 0 bridgehead atoms. The lowest BCUT2D eigenvalue weighted by molar-refractivity contribution is -0.136. The van der Waals surface area contributed by atoms with E-state index in [-0.39, 0.29) is 13.2 Å². The molecule has 2 rings (SSSR count). The van der Waals surface area contributed by atoms with Gasteiger partial charge in [-0.15, -0.1) is 0 Å². The summed E-state index contributed by atoms with van der Waals surface area (Å²) in [5.74, 6) is -1.47. The van der Waals surface area contributed by atoms with Crippen LogP contribution in [0.4, 0.5) is 11.4 Å². The average Bonchev–Trinajstić information content (AvgIpc) is 2.54. The van der Waals surface area contributed by atoms with Gasteiger partial charge in [-0.05, 0) is 43.5 Å². The molecule has 1 saturated heterocycles. The average molecular weight is 291 g/mol. The van der Waals surface area contributed by atoms with Gasteiger partial charge in [0, 0.05) is 31.0 Å². The van der Waals surface area contributed by atoms with Crippen LogP contribution in [0.1, 0.15) is 19.3 Å². The monoisotopic (exact) mass is 291 g/mol. The summed E-state index contributed by atoms with van der Waals surface area (Å²) in [6.07, 6.45) is 3.71. The molecule has 1 aromatic carbocycles. The Labute approximate surface area is 124 Å². The lowest BCUT2D eigenvalue weighted by Crippen LogP contribution is -2.36. The zero-order valence-corrected chi connectivity index (χ0v) is 12.0. The fourth-order valence-electron chi connectivity index (χ4n) is 2.35. The van der Waals surface area contributed by atoms with Gasteiger partial charge in [0.25, 0.3) is 0 Å². The molecule has 0 unspecified atom stereocenters. The van der Waals surface area contributed by atoms with E-state index in [2.05, 4.69) is 15.5 Å². The van der Waals surface area contributed by atoms with Crippen LogP contribution in [-0.2, 0) is 9.59 Å². The lowest BCUT2D eigenvalue weighted by Gasteiger charge is -2.28. The van der Waals surface area contributed by atoms with Crippen molar-refractivity contribution < 1.29 is 14.7 Å². The first-order valence-corrected chi connectivity index (χ1v) is 7.26. The van der Waals surface area contributed by atoms with Crippen molar-refractivity contribution in [3.63, 3.8) is 0 Å². The highest BCUT2D eigenvalue weighted by molar-refractivity contribution is 6.39. The maximum atomic E-state index is 11.6. The molecule has 1 aliphatic heterocycles. The Morgan fingerprint density at radius 2 is 1.71 bits per heavy atom. The lowest BCUT2D eigenvalue weighted by atomic mass is 10.1. The third kappa shape index (κ3) is 4.46. The fourth-order valence-corrected chi connectivity index (χ4v) is 2.35. The van der Waals surface area contributed by atoms with Crippen molar-refractivity contribution in [2.24, 2.45) is 0 Å². The quantitative estimate of drug-likeness (QED) is 0.714. The third-order valence-electron chi connectivity index (χ3n) is 3.45. The van der Waals surface area contributed by atoms with Gasteiger partial charge in [0.2, 0.25) is 0 Å². The molecule has 1 heterocycles. The van der Waals surface area contributed by atoms with Crippen molar-refractivity contribution in [2.75, 3.05) is 36.5 Å². The molecule has 0 aliphatic carbocycles. The van der Waals surface area contributed by atoms with Gasteiger partial charge in [-0.1, -0.05) is 0 Å². The Morgan fingerprint density at radius 3 is 2.33 bits per heavy atom. The molecule has 0 saturated carbocycles. The van der Waals surface area contributed by atoms with Crippen LogP contribution in [0.15, 0.2) is 24.3 Å². The van der Waals surface area contributed by atoms with Gasteiger partial charge >= 0.3 is 11.8 Å². The van der Waals surface area contributed by atoms with Gasteiger partial charge < -0.3 is 20.6 Å². The highest BCUT2D eigenvalue weighted by Crippen LogP contribution is 2.21. The summed E-state index contributed by atoms with van der Waals surface area (Å²) in [4.78, 5) is 25.3. The minimum absolute atomic E-state index is 0.0696. The summed E-state index contributed by atoms with van der Waals surface area (Å²) in [5.41, 5.74) is 1.72. The van der Waals surface area contributed by atoms with Crippen LogP contribution in [0.5, 0.6) is 0 Å². The number of nitrogens with zero attached hydrogens (tertiary/aromatic N) is 1. The van der Waals surface area contributed by atoms with Gasteiger partial charge in [-0.25, -0.2) is 0 Å². The molecule has 1 aliphatic rings. The summed E-state index contributed by atoms with van der Waals surface area (Å²) in [6, 6.07) is 7.49. The molecule has 0 atom stereocenters. The Bertz CT molecular complexity index is 481. The highest BCUT2D eigenvalue weighted by atomic mass is 16.3. The molecule has 0 aromatic heterocycles. The maximum absolute atomic E-state index is 11.6. The van der Waals surface area contributed by atoms with E-state index in [1.165, 1.54) is 19.3 Å². The Hall–Kier alpha value is -2.08. The van der Waals surface area contributed by atoms with E-state index in [0.29, 0.717) is 5.69 Å². The number of benzene rings is 1. The first-order chi connectivity index (χ1) is 10.2. The Kier molecular flexibility index (Phi) is 5.57. The van der Waals surface area contributed by atoms with E-state index in [4.69, 9.17) is 5.11 Å². The topological polar surface area (TPSA) is 81.7 Å². The summed E-state index contributed by atoms with van der Waals surface area (Å²) in [5, 5.41) is 13.4. The predicted octanol–water partition coefficient (Wildman–Crippen LogP) is 0.724. The number of hydrogen-bond donors (Lipinski definition) is 3. The van der Waals surface area contributed by atoms with Crippen LogP contribution in [-0.4, -0.2) is 43.2 Å². The van der Waals surface area contributed by atoms with Gasteiger partial charge in [-0.2, -0.15) is 0 Å². The smallest absolute Gasteiger partial charge is 0.313 e. The number of carbonyl (C=O) groups is 2. The standard InChI is InChI=1S/C15H21N3O3/c19-11-8-16-14(20)15(21)17-12-4-6-13(7-5-12)18-9-2-1-3-10-18/h4-7,19H,1-3,8-11H2,(H,16,20)(H,17,21). The van der Waals surface area contributed by atoms with E-state index in [0.717, 1.165) is 18.8 Å². The SMILES string of the molecule is O=C(NCCO)C(=O)Nc1ccc(N2CCCCC2)cc1. The van der Waals surface area contributed by atoms with Crippen LogP contribution in [0, 0.1) is 0 Å². The van der Waals surface area contributed by atoms with Crippen LogP contribution in [0.25, 0.3) is 0 Å². The summed E-state index contributed by atoms with van der Waals surface area (Å²) in [6.45, 7) is 2.01. The molecular weight excluding hydrogens is 270 g/mol. The van der Waals surface area contributed by atoms with Crippen molar-refractivity contribution in [3.8, 4) is 0 Å². The molecular formula is C15H21N3O3. The molecule has 6 nitrogen and oxygen atoms in total. The normalized spacial score (nSPS) is 14.6. The molecule has 114 valence electrons. The number of hydrogen-bond acceptors (Lipinski definition) is 4. The summed E-state index contributed by atoms with van der Waals surface area (Å²) >= 11 is 0. The van der Waals surface area contributed by atoms with Gasteiger partial charge in [-0.3, -0.25) is 9.59 Å². The molecule has 1 aromatic rings. The number of anilines is 2. The number of aliphatic hydroxyl groups excluding tert-OH is 1. The van der Waals surface area contributed by atoms with Crippen LogP contribution >= 0.6 is 0 Å². The molecule has 21 heavy (non-hydrogen) atoms. The molecule has 2 amide bonds. The van der Waals surface area contributed by atoms with Crippen LogP contribution in [0.3, 0.4) is 0 Å². The van der Waals surface area contributed by atoms with Crippen LogP contribution < -0.4 is 15.5 Å². The number of amides is 2. The zero-order valence-electron chi connectivity index (χ0n) is 12.0. The number of carbonyl (C=O) groups excluding carboxylic acids is 2. The van der Waals surface area contributed by atoms with E-state index in [1.54, 1.807) is 12.1 Å². The predicted molar refractivity (Wildman–Crippen MR) is 81.2 cm³/mol. The minimum Gasteiger partial charge on any atom is -0.395 e. The van der Waals surface area contributed by atoms with Gasteiger partial charge in [0.15, 0.2) is 0 Å². The molecule has 1 fully saturated rings. The second kappa shape index (κ2) is 7.64. The Morgan fingerprint density at radius 1 is 1.05 bits per heavy atom. The van der Waals surface area contributed by atoms with Crippen molar-refractivity contribution in [1.29, 1.82) is 0 Å². The molecule has 0 radical (unpaired) electrons. The first kappa shape index (κ1) is 15.3. The minimum atomic E-state index is -0.746. The zero-order chi connectivity index (χ0) is 15.1. The van der Waals surface area contributed by atoms with Gasteiger partial charge in [0.05, 0.1) is 6.61 Å². The van der Waals surface area contributed by atoms with Crippen LogP contribution in [0.2, 0.25) is 0 Å². The number of aliphatic hydroxyl groups is 1. The molecule has 6 heteroatoms. The molecule has 0 spiro atoms. The third-order valence-corrected chi connectivity index (χ3v) is 3.45. The van der Waals surface area contributed by atoms with Crippen molar-refractivity contribution >= 4 is 23.2 Å². The summed E-state index contributed by atoms with van der Waals surface area (Å²) < 4.78 is 0. The maximum Gasteiger partial charge on any atom is 0.313 e. The van der Waals surface area contributed by atoms with E-state index in [9.17, 15) is 9.59 Å². The first-order valence-electron chi connectivity index (χ1n) is 7.26. The highest BCUT2D eigenvalue weighted by Gasteiger charge is 2.14. The van der Waals surface area contributed by atoms with E-state index in [1.807, 2.05) is 12.1 Å². The van der Waals surface area contributed by atoms with Crippen molar-refractivity contribution in [3.05, 3.63) is 24.3 Å². The van der Waals surface area contributed by atoms with E-state index < -0.39 is 11.8 Å². The number of nitrogens with one attached hydrogen (secondary N) is 2.